The van der Waals surface area contributed by atoms with Gasteiger partial charge in [0.15, 0.2) is 0 Å². The molecule has 1 aliphatic carbocycles. The first-order valence-corrected chi connectivity index (χ1v) is 7.34. The van der Waals surface area contributed by atoms with Gasteiger partial charge in [-0.1, -0.05) is 49.2 Å². The van der Waals surface area contributed by atoms with Gasteiger partial charge in [-0.2, -0.15) is 0 Å². The summed E-state index contributed by atoms with van der Waals surface area (Å²) in [6.07, 6.45) is 3.97. The second kappa shape index (κ2) is 5.50. The predicted molar refractivity (Wildman–Crippen MR) is 81.2 cm³/mol. The summed E-state index contributed by atoms with van der Waals surface area (Å²) >= 11 is 0. The van der Waals surface area contributed by atoms with Crippen LogP contribution < -0.4 is 0 Å². The molecule has 0 spiro atoms. The Bertz CT molecular complexity index is 482. The fourth-order valence-corrected chi connectivity index (χ4v) is 3.54. The van der Waals surface area contributed by atoms with Crippen LogP contribution in [-0.4, -0.2) is 11.2 Å². The molecule has 0 amide bonds. The molecule has 19 heavy (non-hydrogen) atoms. The third-order valence-corrected chi connectivity index (χ3v) is 4.39. The van der Waals surface area contributed by atoms with E-state index in [2.05, 4.69) is 52.0 Å². The molecule has 1 heteroatoms. The SMILES string of the molecule is CC1=C(C(O)Cc2cccc(C)c2)C(C)(C)CCC1. The zero-order chi connectivity index (χ0) is 14.0. The van der Waals surface area contributed by atoms with Crippen LogP contribution in [0.2, 0.25) is 0 Å². The number of aliphatic hydroxyl groups is 1. The molecule has 0 aromatic heterocycles. The molecule has 1 atom stereocenters. The third-order valence-electron chi connectivity index (χ3n) is 4.39. The maximum atomic E-state index is 10.7. The number of benzene rings is 1. The van der Waals surface area contributed by atoms with Crippen LogP contribution in [0.3, 0.4) is 0 Å². The van der Waals surface area contributed by atoms with Crippen LogP contribution in [0.15, 0.2) is 35.4 Å². The third kappa shape index (κ3) is 3.27. The molecular weight excluding hydrogens is 232 g/mol. The van der Waals surface area contributed by atoms with Crippen LogP contribution in [0.4, 0.5) is 0 Å². The van der Waals surface area contributed by atoms with Gasteiger partial charge < -0.3 is 5.11 Å². The second-order valence-electron chi connectivity index (χ2n) is 6.64. The number of hydrogen-bond donors (Lipinski definition) is 1. The van der Waals surface area contributed by atoms with Crippen LogP contribution in [0, 0.1) is 12.3 Å². The van der Waals surface area contributed by atoms with Gasteiger partial charge in [-0.3, -0.25) is 0 Å². The summed E-state index contributed by atoms with van der Waals surface area (Å²) in [5, 5.41) is 10.7. The fourth-order valence-electron chi connectivity index (χ4n) is 3.54. The van der Waals surface area contributed by atoms with Gasteiger partial charge in [0.25, 0.3) is 0 Å². The van der Waals surface area contributed by atoms with Crippen molar-refractivity contribution < 1.29 is 5.11 Å². The molecule has 1 aromatic rings. The molecule has 0 saturated heterocycles. The molecule has 1 N–H and O–H groups in total. The van der Waals surface area contributed by atoms with E-state index in [0.29, 0.717) is 0 Å². The minimum absolute atomic E-state index is 0.144. The highest BCUT2D eigenvalue weighted by Gasteiger charge is 2.32. The van der Waals surface area contributed by atoms with E-state index in [1.165, 1.54) is 35.1 Å². The largest absolute Gasteiger partial charge is 0.388 e. The Kier molecular flexibility index (Phi) is 4.15. The molecule has 0 fully saturated rings. The number of allylic oxidation sites excluding steroid dienone is 1. The van der Waals surface area contributed by atoms with Crippen molar-refractivity contribution in [1.29, 1.82) is 0 Å². The molecule has 0 radical (unpaired) electrons. The van der Waals surface area contributed by atoms with Crippen molar-refractivity contribution in [2.45, 2.75) is 59.5 Å². The van der Waals surface area contributed by atoms with Gasteiger partial charge in [0, 0.05) is 6.42 Å². The average molecular weight is 258 g/mol. The summed E-state index contributed by atoms with van der Waals surface area (Å²) < 4.78 is 0. The lowest BCUT2D eigenvalue weighted by atomic mass is 9.70. The van der Waals surface area contributed by atoms with E-state index in [9.17, 15) is 5.11 Å². The highest BCUT2D eigenvalue weighted by Crippen LogP contribution is 2.42. The lowest BCUT2D eigenvalue weighted by Gasteiger charge is -2.37. The summed E-state index contributed by atoms with van der Waals surface area (Å²) in [6, 6.07) is 8.46. The topological polar surface area (TPSA) is 20.2 Å². The van der Waals surface area contributed by atoms with E-state index in [0.717, 1.165) is 12.8 Å². The van der Waals surface area contributed by atoms with Crippen molar-refractivity contribution in [3.63, 3.8) is 0 Å². The van der Waals surface area contributed by atoms with E-state index in [1.807, 2.05) is 0 Å². The molecule has 1 aliphatic rings. The van der Waals surface area contributed by atoms with E-state index < -0.39 is 0 Å². The lowest BCUT2D eigenvalue weighted by molar-refractivity contribution is 0.168. The molecule has 1 unspecified atom stereocenters. The van der Waals surface area contributed by atoms with Crippen molar-refractivity contribution >= 4 is 0 Å². The summed E-state index contributed by atoms with van der Waals surface area (Å²) in [5.41, 5.74) is 5.31. The van der Waals surface area contributed by atoms with Crippen LogP contribution in [-0.2, 0) is 6.42 Å². The number of hydrogen-bond acceptors (Lipinski definition) is 1. The molecule has 0 bridgehead atoms. The van der Waals surface area contributed by atoms with Gasteiger partial charge in [-0.05, 0) is 49.7 Å². The van der Waals surface area contributed by atoms with Crippen molar-refractivity contribution in [1.82, 2.24) is 0 Å². The minimum atomic E-state index is -0.336. The summed E-state index contributed by atoms with van der Waals surface area (Å²) in [6.45, 7) is 8.83. The molecule has 1 aromatic carbocycles. The number of aryl methyl sites for hydroxylation is 1. The predicted octanol–water partition coefficient (Wildman–Crippen LogP) is 4.43. The van der Waals surface area contributed by atoms with Crippen molar-refractivity contribution in [2.24, 2.45) is 5.41 Å². The van der Waals surface area contributed by atoms with Gasteiger partial charge >= 0.3 is 0 Å². The number of rotatable bonds is 3. The first-order valence-electron chi connectivity index (χ1n) is 7.34. The summed E-state index contributed by atoms with van der Waals surface area (Å²) in [4.78, 5) is 0. The van der Waals surface area contributed by atoms with E-state index in [1.54, 1.807) is 0 Å². The molecule has 0 saturated carbocycles. The minimum Gasteiger partial charge on any atom is -0.388 e. The zero-order valence-electron chi connectivity index (χ0n) is 12.7. The van der Waals surface area contributed by atoms with Gasteiger partial charge in [0.1, 0.15) is 0 Å². The van der Waals surface area contributed by atoms with Crippen LogP contribution in [0.25, 0.3) is 0 Å². The molecule has 104 valence electrons. The Hall–Kier alpha value is -1.08. The normalized spacial score (nSPS) is 20.5. The summed E-state index contributed by atoms with van der Waals surface area (Å²) in [7, 11) is 0. The Labute approximate surface area is 117 Å². The lowest BCUT2D eigenvalue weighted by Crippen LogP contribution is -2.30. The van der Waals surface area contributed by atoms with Gasteiger partial charge in [0.05, 0.1) is 6.10 Å². The van der Waals surface area contributed by atoms with Crippen molar-refractivity contribution in [3.8, 4) is 0 Å². The van der Waals surface area contributed by atoms with Crippen LogP contribution in [0.5, 0.6) is 0 Å². The van der Waals surface area contributed by atoms with E-state index in [-0.39, 0.29) is 11.5 Å². The monoisotopic (exact) mass is 258 g/mol. The Morgan fingerprint density at radius 3 is 2.63 bits per heavy atom. The van der Waals surface area contributed by atoms with Gasteiger partial charge in [0.2, 0.25) is 0 Å². The summed E-state index contributed by atoms with van der Waals surface area (Å²) in [5.74, 6) is 0. The van der Waals surface area contributed by atoms with Gasteiger partial charge in [-0.15, -0.1) is 0 Å². The fraction of sp³-hybridized carbons (Fsp3) is 0.556. The highest BCUT2D eigenvalue weighted by molar-refractivity contribution is 5.30. The second-order valence-corrected chi connectivity index (χ2v) is 6.64. The van der Waals surface area contributed by atoms with Gasteiger partial charge in [-0.25, -0.2) is 0 Å². The van der Waals surface area contributed by atoms with Crippen LogP contribution >= 0.6 is 0 Å². The molecule has 0 heterocycles. The molecule has 1 nitrogen and oxygen atoms in total. The van der Waals surface area contributed by atoms with Crippen LogP contribution in [0.1, 0.15) is 51.2 Å². The first kappa shape index (κ1) is 14.3. The zero-order valence-corrected chi connectivity index (χ0v) is 12.7. The Morgan fingerprint density at radius 1 is 1.26 bits per heavy atom. The average Bonchev–Trinajstić information content (AvgIpc) is 2.27. The van der Waals surface area contributed by atoms with Crippen molar-refractivity contribution in [2.75, 3.05) is 0 Å². The quantitative estimate of drug-likeness (QED) is 0.795. The number of aliphatic hydroxyl groups excluding tert-OH is 1. The maximum Gasteiger partial charge on any atom is 0.0798 e. The first-order chi connectivity index (χ1) is 8.90. The molecule has 2 rings (SSSR count). The Morgan fingerprint density at radius 2 is 2.00 bits per heavy atom. The molecule has 0 aliphatic heterocycles. The highest BCUT2D eigenvalue weighted by atomic mass is 16.3. The maximum absolute atomic E-state index is 10.7. The van der Waals surface area contributed by atoms with E-state index >= 15 is 0 Å². The Balaban J connectivity index is 2.21. The molecular formula is C18H26O. The smallest absolute Gasteiger partial charge is 0.0798 e. The van der Waals surface area contributed by atoms with E-state index in [4.69, 9.17) is 0 Å². The standard InChI is InChI=1S/C18H26O/c1-13-7-5-9-15(11-13)12-16(19)17-14(2)8-6-10-18(17,3)4/h5,7,9,11,16,19H,6,8,10,12H2,1-4H3. The van der Waals surface area contributed by atoms with Crippen molar-refractivity contribution in [3.05, 3.63) is 46.5 Å².